The van der Waals surface area contributed by atoms with Gasteiger partial charge in [0.15, 0.2) is 0 Å². The van der Waals surface area contributed by atoms with Gasteiger partial charge < -0.3 is 10.2 Å². The summed E-state index contributed by atoms with van der Waals surface area (Å²) in [5, 5.41) is 4.23. The van der Waals surface area contributed by atoms with Crippen LogP contribution in [-0.4, -0.2) is 20.6 Å². The zero-order valence-electron chi connectivity index (χ0n) is 10.5. The van der Waals surface area contributed by atoms with Gasteiger partial charge in [0.25, 0.3) is 0 Å². The number of benzene rings is 1. The maximum Gasteiger partial charge on any atom is 0.0471 e. The molecule has 0 radical (unpaired) electrons. The number of nitrogens with one attached hydrogen (secondary N) is 1. The second-order valence-corrected chi connectivity index (χ2v) is 5.10. The Morgan fingerprint density at radius 2 is 2.00 bits per heavy atom. The number of halogens is 1. The Labute approximate surface area is 104 Å². The summed E-state index contributed by atoms with van der Waals surface area (Å²) in [5.74, 6) is 0.667. The van der Waals surface area contributed by atoms with Crippen LogP contribution in [0.3, 0.4) is 0 Å². The molecule has 0 aliphatic heterocycles. The van der Waals surface area contributed by atoms with Crippen molar-refractivity contribution in [2.75, 3.05) is 25.5 Å². The van der Waals surface area contributed by atoms with E-state index < -0.39 is 0 Å². The third-order valence-corrected chi connectivity index (χ3v) is 2.77. The highest BCUT2D eigenvalue weighted by Gasteiger charge is 2.03. The van der Waals surface area contributed by atoms with Crippen LogP contribution in [0, 0.1) is 5.92 Å². The largest absolute Gasteiger partial charge is 0.378 e. The Morgan fingerprint density at radius 1 is 1.31 bits per heavy atom. The SMILES string of the molecule is CC(C)CNCc1ccc(N(C)C)cc1Cl. The summed E-state index contributed by atoms with van der Waals surface area (Å²) in [6.45, 7) is 6.25. The molecule has 0 aliphatic rings. The molecule has 2 nitrogen and oxygen atoms in total. The minimum atomic E-state index is 0.667. The van der Waals surface area contributed by atoms with Crippen LogP contribution in [0.4, 0.5) is 5.69 Å². The van der Waals surface area contributed by atoms with Gasteiger partial charge in [-0.2, -0.15) is 0 Å². The average molecular weight is 241 g/mol. The lowest BCUT2D eigenvalue weighted by molar-refractivity contribution is 0.552. The van der Waals surface area contributed by atoms with Crippen molar-refractivity contribution < 1.29 is 0 Å². The van der Waals surface area contributed by atoms with Gasteiger partial charge in [-0.15, -0.1) is 0 Å². The van der Waals surface area contributed by atoms with Crippen LogP contribution >= 0.6 is 11.6 Å². The van der Waals surface area contributed by atoms with Crippen molar-refractivity contribution in [2.45, 2.75) is 20.4 Å². The number of hydrogen-bond acceptors (Lipinski definition) is 2. The predicted molar refractivity (Wildman–Crippen MR) is 72.3 cm³/mol. The number of hydrogen-bond donors (Lipinski definition) is 1. The lowest BCUT2D eigenvalue weighted by atomic mass is 10.1. The molecule has 0 fully saturated rings. The standard InChI is InChI=1S/C13H21ClN2/c1-10(2)8-15-9-11-5-6-12(16(3)4)7-13(11)14/h5-7,10,15H,8-9H2,1-4H3. The van der Waals surface area contributed by atoms with Crippen molar-refractivity contribution >= 4 is 17.3 Å². The predicted octanol–water partition coefficient (Wildman–Crippen LogP) is 3.15. The van der Waals surface area contributed by atoms with Crippen LogP contribution in [-0.2, 0) is 6.54 Å². The zero-order valence-corrected chi connectivity index (χ0v) is 11.3. The van der Waals surface area contributed by atoms with Crippen LogP contribution in [0.5, 0.6) is 0 Å². The van der Waals surface area contributed by atoms with Gasteiger partial charge in [0, 0.05) is 31.4 Å². The molecular formula is C13H21ClN2. The van der Waals surface area contributed by atoms with Gasteiger partial charge in [-0.1, -0.05) is 31.5 Å². The molecule has 0 spiro atoms. The smallest absolute Gasteiger partial charge is 0.0471 e. The summed E-state index contributed by atoms with van der Waals surface area (Å²) in [5.41, 5.74) is 2.30. The Hall–Kier alpha value is -0.730. The minimum Gasteiger partial charge on any atom is -0.378 e. The van der Waals surface area contributed by atoms with Crippen LogP contribution in [0.25, 0.3) is 0 Å². The monoisotopic (exact) mass is 240 g/mol. The van der Waals surface area contributed by atoms with E-state index in [9.17, 15) is 0 Å². The molecule has 0 aliphatic carbocycles. The molecule has 1 aromatic rings. The van der Waals surface area contributed by atoms with Gasteiger partial charge in [-0.25, -0.2) is 0 Å². The van der Waals surface area contributed by atoms with Gasteiger partial charge >= 0.3 is 0 Å². The Morgan fingerprint density at radius 3 is 2.50 bits per heavy atom. The highest BCUT2D eigenvalue weighted by Crippen LogP contribution is 2.22. The quantitative estimate of drug-likeness (QED) is 0.851. The lowest BCUT2D eigenvalue weighted by Crippen LogP contribution is -2.19. The molecule has 0 aromatic heterocycles. The first-order chi connectivity index (χ1) is 7.50. The molecule has 3 heteroatoms. The average Bonchev–Trinajstić information content (AvgIpc) is 2.19. The summed E-state index contributed by atoms with van der Waals surface area (Å²) in [4.78, 5) is 2.05. The molecule has 0 saturated heterocycles. The van der Waals surface area contributed by atoms with Gasteiger partial charge in [0.05, 0.1) is 0 Å². The van der Waals surface area contributed by atoms with E-state index in [0.717, 1.165) is 29.4 Å². The van der Waals surface area contributed by atoms with Crippen LogP contribution in [0.15, 0.2) is 18.2 Å². The fourth-order valence-corrected chi connectivity index (χ4v) is 1.69. The van der Waals surface area contributed by atoms with E-state index in [0.29, 0.717) is 5.92 Å². The van der Waals surface area contributed by atoms with Gasteiger partial charge in [0.1, 0.15) is 0 Å². The maximum atomic E-state index is 6.22. The van der Waals surface area contributed by atoms with Crippen molar-refractivity contribution in [2.24, 2.45) is 5.92 Å². The second-order valence-electron chi connectivity index (χ2n) is 4.69. The van der Waals surface area contributed by atoms with Crippen LogP contribution in [0.1, 0.15) is 19.4 Å². The molecule has 0 bridgehead atoms. The zero-order chi connectivity index (χ0) is 12.1. The van der Waals surface area contributed by atoms with Crippen molar-refractivity contribution in [3.63, 3.8) is 0 Å². The lowest BCUT2D eigenvalue weighted by Gasteiger charge is -2.15. The molecule has 0 heterocycles. The molecule has 0 saturated carbocycles. The van der Waals surface area contributed by atoms with E-state index in [2.05, 4.69) is 36.2 Å². The Balaban J connectivity index is 2.61. The van der Waals surface area contributed by atoms with Gasteiger partial charge in [-0.3, -0.25) is 0 Å². The van der Waals surface area contributed by atoms with Crippen LogP contribution < -0.4 is 10.2 Å². The molecule has 0 unspecified atom stereocenters. The van der Waals surface area contributed by atoms with Gasteiger partial charge in [-0.05, 0) is 30.2 Å². The summed E-state index contributed by atoms with van der Waals surface area (Å²) in [7, 11) is 4.03. The van der Waals surface area contributed by atoms with E-state index in [-0.39, 0.29) is 0 Å². The first-order valence-electron chi connectivity index (χ1n) is 5.67. The molecule has 1 rings (SSSR count). The minimum absolute atomic E-state index is 0.667. The molecule has 1 aromatic carbocycles. The van der Waals surface area contributed by atoms with Crippen molar-refractivity contribution in [1.29, 1.82) is 0 Å². The van der Waals surface area contributed by atoms with E-state index in [4.69, 9.17) is 11.6 Å². The second kappa shape index (κ2) is 6.12. The number of nitrogens with zero attached hydrogens (tertiary/aromatic N) is 1. The molecule has 90 valence electrons. The molecule has 1 N–H and O–H groups in total. The third kappa shape index (κ3) is 4.03. The molecule has 0 amide bonds. The van der Waals surface area contributed by atoms with Crippen molar-refractivity contribution in [3.05, 3.63) is 28.8 Å². The summed E-state index contributed by atoms with van der Waals surface area (Å²) < 4.78 is 0. The Bertz CT molecular complexity index is 335. The van der Waals surface area contributed by atoms with Crippen molar-refractivity contribution in [1.82, 2.24) is 5.32 Å². The third-order valence-electron chi connectivity index (χ3n) is 2.42. The topological polar surface area (TPSA) is 15.3 Å². The summed E-state index contributed by atoms with van der Waals surface area (Å²) in [6, 6.07) is 6.19. The van der Waals surface area contributed by atoms with E-state index in [1.807, 2.05) is 20.2 Å². The number of anilines is 1. The van der Waals surface area contributed by atoms with Crippen molar-refractivity contribution in [3.8, 4) is 0 Å². The first kappa shape index (κ1) is 13.3. The van der Waals surface area contributed by atoms with E-state index in [1.54, 1.807) is 0 Å². The normalized spacial score (nSPS) is 10.9. The fourth-order valence-electron chi connectivity index (χ4n) is 1.45. The van der Waals surface area contributed by atoms with Crippen LogP contribution in [0.2, 0.25) is 5.02 Å². The summed E-state index contributed by atoms with van der Waals surface area (Å²) in [6.07, 6.45) is 0. The van der Waals surface area contributed by atoms with E-state index in [1.165, 1.54) is 0 Å². The first-order valence-corrected chi connectivity index (χ1v) is 6.05. The highest BCUT2D eigenvalue weighted by atomic mass is 35.5. The fraction of sp³-hybridized carbons (Fsp3) is 0.538. The highest BCUT2D eigenvalue weighted by molar-refractivity contribution is 6.31. The molecule has 16 heavy (non-hydrogen) atoms. The molecule has 0 atom stereocenters. The summed E-state index contributed by atoms with van der Waals surface area (Å²) >= 11 is 6.22. The molecular weight excluding hydrogens is 220 g/mol. The van der Waals surface area contributed by atoms with E-state index >= 15 is 0 Å². The number of rotatable bonds is 5. The van der Waals surface area contributed by atoms with Gasteiger partial charge in [0.2, 0.25) is 0 Å². The maximum absolute atomic E-state index is 6.22. The Kier molecular flexibility index (Phi) is 5.10.